The van der Waals surface area contributed by atoms with Gasteiger partial charge in [0.2, 0.25) is 23.1 Å². The lowest BCUT2D eigenvalue weighted by molar-refractivity contribution is -0.121. The third-order valence-electron chi connectivity index (χ3n) is 1.82. The lowest BCUT2D eigenvalue weighted by atomic mass is 10.1. The molecule has 5 heteroatoms. The summed E-state index contributed by atoms with van der Waals surface area (Å²) in [7, 11) is 0. The van der Waals surface area contributed by atoms with Gasteiger partial charge in [-0.25, -0.2) is 0 Å². The molecule has 0 saturated carbocycles. The maximum absolute atomic E-state index is 11.9. The number of allylic oxidation sites excluding steroid dienone is 2. The minimum Gasteiger partial charge on any atom is -0.483 e. The fourth-order valence-corrected chi connectivity index (χ4v) is 1.65. The summed E-state index contributed by atoms with van der Waals surface area (Å²) in [5.41, 5.74) is 0. The number of ketones is 2. The molecular weight excluding hydrogens is 288 g/mol. The van der Waals surface area contributed by atoms with Crippen molar-refractivity contribution in [2.45, 2.75) is 39.9 Å². The molecule has 0 aromatic heterocycles. The van der Waals surface area contributed by atoms with Crippen molar-refractivity contribution < 1.29 is 19.1 Å². The van der Waals surface area contributed by atoms with Crippen LogP contribution in [0.25, 0.3) is 0 Å². The van der Waals surface area contributed by atoms with Crippen LogP contribution >= 0.6 is 15.9 Å². The molecule has 0 aliphatic heterocycles. The van der Waals surface area contributed by atoms with Gasteiger partial charge in [0.25, 0.3) is 0 Å². The van der Waals surface area contributed by atoms with Crippen molar-refractivity contribution in [2.75, 3.05) is 0 Å². The molecule has 1 rings (SSSR count). The summed E-state index contributed by atoms with van der Waals surface area (Å²) in [5, 5.41) is 0. The van der Waals surface area contributed by atoms with E-state index in [1.165, 1.54) is 6.08 Å². The van der Waals surface area contributed by atoms with Crippen LogP contribution in [0.4, 0.5) is 0 Å². The number of Topliss-reactive ketones (excluding diaryl/α,β-unsaturated/α-hetero) is 1. The summed E-state index contributed by atoms with van der Waals surface area (Å²) in [6.07, 6.45) is 0.802. The minimum atomic E-state index is -0.367. The highest BCUT2D eigenvalue weighted by Crippen LogP contribution is 2.26. The van der Waals surface area contributed by atoms with Crippen molar-refractivity contribution in [3.8, 4) is 0 Å². The number of halogens is 1. The topological polar surface area (TPSA) is 52.6 Å². The summed E-state index contributed by atoms with van der Waals surface area (Å²) < 4.78 is 10.9. The molecule has 0 fully saturated rings. The molecule has 0 radical (unpaired) electrons. The molecular formula is C12H15BrO4. The summed E-state index contributed by atoms with van der Waals surface area (Å²) in [6.45, 7) is 7.13. The van der Waals surface area contributed by atoms with Crippen molar-refractivity contribution in [3.05, 3.63) is 22.1 Å². The zero-order chi connectivity index (χ0) is 13.2. The second kappa shape index (κ2) is 5.49. The summed E-state index contributed by atoms with van der Waals surface area (Å²) in [6, 6.07) is 0. The average Bonchev–Trinajstić information content (AvgIpc) is 2.19. The van der Waals surface area contributed by atoms with E-state index in [0.717, 1.165) is 0 Å². The standard InChI is InChI=1S/C12H15BrO4/c1-6(2)16-11-9(14)5-8(13)10(15)12(11)17-7(3)4/h5-7H,1-4H3. The maximum atomic E-state index is 11.9. The Morgan fingerprint density at radius 3 is 1.94 bits per heavy atom. The van der Waals surface area contributed by atoms with E-state index in [2.05, 4.69) is 15.9 Å². The zero-order valence-electron chi connectivity index (χ0n) is 10.2. The van der Waals surface area contributed by atoms with Crippen molar-refractivity contribution in [1.29, 1.82) is 0 Å². The Morgan fingerprint density at radius 1 is 1.00 bits per heavy atom. The first kappa shape index (κ1) is 14.0. The molecule has 0 aromatic carbocycles. The predicted octanol–water partition coefficient (Wildman–Crippen LogP) is 2.48. The van der Waals surface area contributed by atoms with Crippen LogP contribution in [0.3, 0.4) is 0 Å². The molecule has 0 spiro atoms. The van der Waals surface area contributed by atoms with Gasteiger partial charge in [0.15, 0.2) is 0 Å². The SMILES string of the molecule is CC(C)OC1=C(OC(C)C)C(=O)C(Br)=CC1=O. The fourth-order valence-electron chi connectivity index (χ4n) is 1.26. The van der Waals surface area contributed by atoms with Crippen LogP contribution in [0.5, 0.6) is 0 Å². The molecule has 0 saturated heterocycles. The third kappa shape index (κ3) is 3.43. The quantitative estimate of drug-likeness (QED) is 0.749. The lowest BCUT2D eigenvalue weighted by Gasteiger charge is -2.21. The van der Waals surface area contributed by atoms with E-state index in [-0.39, 0.29) is 39.8 Å². The van der Waals surface area contributed by atoms with Gasteiger partial charge in [-0.3, -0.25) is 9.59 Å². The summed E-state index contributed by atoms with van der Waals surface area (Å²) in [5.74, 6) is -0.759. The molecule has 4 nitrogen and oxygen atoms in total. The molecule has 0 heterocycles. The van der Waals surface area contributed by atoms with Crippen LogP contribution in [0.1, 0.15) is 27.7 Å². The van der Waals surface area contributed by atoms with Gasteiger partial charge in [-0.1, -0.05) is 0 Å². The molecule has 1 aliphatic carbocycles. The maximum Gasteiger partial charge on any atom is 0.238 e. The van der Waals surface area contributed by atoms with E-state index >= 15 is 0 Å². The van der Waals surface area contributed by atoms with Crippen molar-refractivity contribution in [2.24, 2.45) is 0 Å². The Kier molecular flexibility index (Phi) is 4.51. The van der Waals surface area contributed by atoms with Crippen LogP contribution in [0.15, 0.2) is 22.1 Å². The molecule has 1 aliphatic rings. The number of carbonyl (C=O) groups is 2. The normalized spacial score (nSPS) is 16.8. The van der Waals surface area contributed by atoms with Gasteiger partial charge < -0.3 is 9.47 Å². The Labute approximate surface area is 109 Å². The summed E-state index contributed by atoms with van der Waals surface area (Å²) >= 11 is 3.04. The number of hydrogen-bond acceptors (Lipinski definition) is 4. The number of ether oxygens (including phenoxy) is 2. The minimum absolute atomic E-state index is 0.0121. The Bertz CT molecular complexity index is 405. The molecule has 0 aromatic rings. The van der Waals surface area contributed by atoms with Gasteiger partial charge in [0.05, 0.1) is 16.7 Å². The van der Waals surface area contributed by atoms with E-state index in [0.29, 0.717) is 0 Å². The molecule has 0 N–H and O–H groups in total. The van der Waals surface area contributed by atoms with E-state index in [4.69, 9.17) is 9.47 Å². The highest BCUT2D eigenvalue weighted by molar-refractivity contribution is 9.12. The van der Waals surface area contributed by atoms with Crippen molar-refractivity contribution in [3.63, 3.8) is 0 Å². The number of rotatable bonds is 4. The van der Waals surface area contributed by atoms with Crippen LogP contribution in [0.2, 0.25) is 0 Å². The highest BCUT2D eigenvalue weighted by Gasteiger charge is 2.31. The van der Waals surface area contributed by atoms with E-state index in [1.54, 1.807) is 27.7 Å². The molecule has 0 unspecified atom stereocenters. The molecule has 94 valence electrons. The zero-order valence-corrected chi connectivity index (χ0v) is 11.8. The predicted molar refractivity (Wildman–Crippen MR) is 66.5 cm³/mol. The van der Waals surface area contributed by atoms with Gasteiger partial charge in [0, 0.05) is 6.08 Å². The van der Waals surface area contributed by atoms with Crippen molar-refractivity contribution in [1.82, 2.24) is 0 Å². The van der Waals surface area contributed by atoms with Gasteiger partial charge in [-0.2, -0.15) is 0 Å². The fraction of sp³-hybridized carbons (Fsp3) is 0.500. The monoisotopic (exact) mass is 302 g/mol. The molecule has 17 heavy (non-hydrogen) atoms. The van der Waals surface area contributed by atoms with Crippen LogP contribution in [0, 0.1) is 0 Å². The largest absolute Gasteiger partial charge is 0.483 e. The lowest BCUT2D eigenvalue weighted by Crippen LogP contribution is -2.24. The molecule has 0 bridgehead atoms. The third-order valence-corrected chi connectivity index (χ3v) is 2.41. The van der Waals surface area contributed by atoms with Gasteiger partial charge in [-0.15, -0.1) is 0 Å². The van der Waals surface area contributed by atoms with E-state index in [9.17, 15) is 9.59 Å². The summed E-state index contributed by atoms with van der Waals surface area (Å²) in [4.78, 5) is 23.6. The van der Waals surface area contributed by atoms with Crippen LogP contribution in [-0.4, -0.2) is 23.8 Å². The Morgan fingerprint density at radius 2 is 1.47 bits per heavy atom. The van der Waals surface area contributed by atoms with Gasteiger partial charge in [0.1, 0.15) is 0 Å². The number of hydrogen-bond donors (Lipinski definition) is 0. The van der Waals surface area contributed by atoms with E-state index in [1.807, 2.05) is 0 Å². The first-order valence-electron chi connectivity index (χ1n) is 5.36. The number of carbonyl (C=O) groups excluding carboxylic acids is 2. The van der Waals surface area contributed by atoms with Crippen molar-refractivity contribution >= 4 is 27.5 Å². The van der Waals surface area contributed by atoms with E-state index < -0.39 is 0 Å². The second-order valence-electron chi connectivity index (χ2n) is 4.18. The van der Waals surface area contributed by atoms with Crippen LogP contribution in [-0.2, 0) is 19.1 Å². The Hall–Kier alpha value is -1.10. The first-order valence-corrected chi connectivity index (χ1v) is 6.16. The second-order valence-corrected chi connectivity index (χ2v) is 5.03. The molecule has 0 amide bonds. The smallest absolute Gasteiger partial charge is 0.238 e. The highest BCUT2D eigenvalue weighted by atomic mass is 79.9. The average molecular weight is 303 g/mol. The van der Waals surface area contributed by atoms with Gasteiger partial charge >= 0.3 is 0 Å². The Balaban J connectivity index is 3.14. The van der Waals surface area contributed by atoms with Crippen LogP contribution < -0.4 is 0 Å². The first-order chi connectivity index (χ1) is 7.82. The van der Waals surface area contributed by atoms with Gasteiger partial charge in [-0.05, 0) is 43.6 Å². The molecule has 0 atom stereocenters.